The van der Waals surface area contributed by atoms with Crippen LogP contribution in [0.2, 0.25) is 0 Å². The van der Waals surface area contributed by atoms with Crippen LogP contribution < -0.4 is 15.0 Å². The van der Waals surface area contributed by atoms with Crippen LogP contribution in [-0.4, -0.2) is 44.1 Å². The lowest BCUT2D eigenvalue weighted by atomic mass is 9.94. The molecule has 1 atom stereocenters. The lowest BCUT2D eigenvalue weighted by Crippen LogP contribution is -2.48. The normalized spacial score (nSPS) is 14.8. The van der Waals surface area contributed by atoms with Gasteiger partial charge in [-0.2, -0.15) is 0 Å². The van der Waals surface area contributed by atoms with Crippen molar-refractivity contribution in [3.05, 3.63) is 112 Å². The fourth-order valence-electron chi connectivity index (χ4n) is 5.07. The van der Waals surface area contributed by atoms with Gasteiger partial charge in [-0.1, -0.05) is 30.3 Å². The number of nitrogens with one attached hydrogen (secondary N) is 1. The molecule has 1 unspecified atom stereocenters. The first kappa shape index (κ1) is 25.9. The second-order valence-corrected chi connectivity index (χ2v) is 10.7. The third-order valence-corrected chi connectivity index (χ3v) is 8.41. The van der Waals surface area contributed by atoms with E-state index in [1.165, 1.54) is 22.6 Å². The highest BCUT2D eigenvalue weighted by atomic mass is 32.1. The Morgan fingerprint density at radius 1 is 0.921 bits per heavy atom. The van der Waals surface area contributed by atoms with Crippen molar-refractivity contribution in [3.8, 4) is 5.75 Å². The predicted octanol–water partition coefficient (Wildman–Crippen LogP) is 6.68. The molecule has 0 aliphatic carbocycles. The quantitative estimate of drug-likeness (QED) is 0.290. The van der Waals surface area contributed by atoms with Gasteiger partial charge in [0.1, 0.15) is 16.6 Å². The van der Waals surface area contributed by atoms with Crippen molar-refractivity contribution in [1.29, 1.82) is 0 Å². The van der Waals surface area contributed by atoms with Gasteiger partial charge in [0.2, 0.25) is 0 Å². The minimum atomic E-state index is -0.222. The second-order valence-electron chi connectivity index (χ2n) is 9.52. The van der Waals surface area contributed by atoms with Crippen LogP contribution in [0, 0.1) is 19.7 Å². The lowest BCUT2D eigenvalue weighted by molar-refractivity contribution is 0.102. The number of halogens is 1. The van der Waals surface area contributed by atoms with Crippen LogP contribution in [0.1, 0.15) is 38.0 Å². The van der Waals surface area contributed by atoms with Gasteiger partial charge in [0.25, 0.3) is 5.91 Å². The van der Waals surface area contributed by atoms with E-state index in [0.29, 0.717) is 5.56 Å². The first-order chi connectivity index (χ1) is 18.4. The number of anilines is 2. The van der Waals surface area contributed by atoms with E-state index in [4.69, 9.17) is 4.74 Å². The van der Waals surface area contributed by atoms with E-state index in [1.807, 2.05) is 54.6 Å². The molecule has 0 radical (unpaired) electrons. The fraction of sp³-hybridized carbons (Fsp3) is 0.258. The third kappa shape index (κ3) is 5.44. The zero-order chi connectivity index (χ0) is 26.6. The largest absolute Gasteiger partial charge is 0.497 e. The summed E-state index contributed by atoms with van der Waals surface area (Å²) < 4.78 is 18.9. The van der Waals surface area contributed by atoms with Gasteiger partial charge in [0.05, 0.1) is 13.2 Å². The fourth-order valence-corrected chi connectivity index (χ4v) is 6.16. The maximum atomic E-state index is 13.5. The van der Waals surface area contributed by atoms with Crippen LogP contribution in [0.5, 0.6) is 5.75 Å². The Hall–Kier alpha value is -3.68. The van der Waals surface area contributed by atoms with E-state index in [-0.39, 0.29) is 17.8 Å². The summed E-state index contributed by atoms with van der Waals surface area (Å²) in [4.78, 5) is 19.1. The van der Waals surface area contributed by atoms with Gasteiger partial charge in [-0.05, 0) is 73.5 Å². The van der Waals surface area contributed by atoms with Gasteiger partial charge in [-0.15, -0.1) is 11.3 Å². The molecule has 4 aromatic rings. The van der Waals surface area contributed by atoms with Gasteiger partial charge in [0, 0.05) is 47.9 Å². The number of piperazine rings is 1. The van der Waals surface area contributed by atoms with E-state index in [1.54, 1.807) is 18.4 Å². The van der Waals surface area contributed by atoms with Gasteiger partial charge < -0.3 is 15.0 Å². The molecule has 2 heterocycles. The first-order valence-corrected chi connectivity index (χ1v) is 13.6. The maximum absolute atomic E-state index is 13.5. The molecule has 1 saturated heterocycles. The van der Waals surface area contributed by atoms with Crippen LogP contribution in [0.4, 0.5) is 15.1 Å². The Bertz CT molecular complexity index is 1380. The minimum absolute atomic E-state index is 0.0349. The average molecular weight is 530 g/mol. The van der Waals surface area contributed by atoms with Crippen LogP contribution in [-0.2, 0) is 0 Å². The number of hydrogen-bond acceptors (Lipinski definition) is 5. The Morgan fingerprint density at radius 2 is 1.58 bits per heavy atom. The lowest BCUT2D eigenvalue weighted by Gasteiger charge is -2.41. The smallest absolute Gasteiger partial charge is 0.256 e. The molecule has 1 aliphatic heterocycles. The number of benzene rings is 3. The standard InChI is InChI=1S/C31H32FN3O2S/c1-21-22(2)38-31(33-30(36)24-7-5-4-6-8-24)28(21)29(23-9-15-27(37-3)16-10-23)35-19-17-34(18-20-35)26-13-11-25(32)12-14-26/h4-16,29H,17-20H2,1-3H3,(H,33,36). The SMILES string of the molecule is COc1ccc(C(c2c(NC(=O)c3ccccc3)sc(C)c2C)N2CCN(c3ccc(F)cc3)CC2)cc1. The molecule has 1 amide bonds. The number of hydrogen-bond donors (Lipinski definition) is 1. The number of ether oxygens (including phenoxy) is 1. The van der Waals surface area contributed by atoms with E-state index in [9.17, 15) is 9.18 Å². The van der Waals surface area contributed by atoms with Crippen molar-refractivity contribution in [3.63, 3.8) is 0 Å². The first-order valence-electron chi connectivity index (χ1n) is 12.8. The van der Waals surface area contributed by atoms with E-state index in [2.05, 4.69) is 41.1 Å². The summed E-state index contributed by atoms with van der Waals surface area (Å²) in [6, 6.07) is 24.2. The summed E-state index contributed by atoms with van der Waals surface area (Å²) in [6.07, 6.45) is 0. The Morgan fingerprint density at radius 3 is 2.21 bits per heavy atom. The van der Waals surface area contributed by atoms with Crippen LogP contribution in [0.15, 0.2) is 78.9 Å². The highest BCUT2D eigenvalue weighted by Gasteiger charge is 2.32. The molecule has 196 valence electrons. The molecule has 1 aromatic heterocycles. The van der Waals surface area contributed by atoms with Crippen molar-refractivity contribution in [2.45, 2.75) is 19.9 Å². The molecule has 1 aliphatic rings. The van der Waals surface area contributed by atoms with Crippen LogP contribution in [0.3, 0.4) is 0 Å². The van der Waals surface area contributed by atoms with E-state index < -0.39 is 0 Å². The predicted molar refractivity (Wildman–Crippen MR) is 153 cm³/mol. The number of methoxy groups -OCH3 is 1. The Balaban J connectivity index is 1.48. The maximum Gasteiger partial charge on any atom is 0.256 e. The zero-order valence-electron chi connectivity index (χ0n) is 21.9. The summed E-state index contributed by atoms with van der Waals surface area (Å²) >= 11 is 1.63. The number of nitrogens with zero attached hydrogens (tertiary/aromatic N) is 2. The van der Waals surface area contributed by atoms with Crippen molar-refractivity contribution >= 4 is 27.9 Å². The van der Waals surface area contributed by atoms with Gasteiger partial charge >= 0.3 is 0 Å². The third-order valence-electron chi connectivity index (χ3n) is 7.27. The zero-order valence-corrected chi connectivity index (χ0v) is 22.7. The molecule has 1 N–H and O–H groups in total. The van der Waals surface area contributed by atoms with Crippen molar-refractivity contribution in [1.82, 2.24) is 4.90 Å². The summed E-state index contributed by atoms with van der Waals surface area (Å²) in [7, 11) is 1.67. The molecule has 0 spiro atoms. The van der Waals surface area contributed by atoms with E-state index in [0.717, 1.165) is 53.7 Å². The highest BCUT2D eigenvalue weighted by molar-refractivity contribution is 7.16. The molecule has 1 fully saturated rings. The van der Waals surface area contributed by atoms with Gasteiger partial charge in [-0.25, -0.2) is 4.39 Å². The van der Waals surface area contributed by atoms with Crippen LogP contribution in [0.25, 0.3) is 0 Å². The second kappa shape index (κ2) is 11.4. The molecule has 0 bridgehead atoms. The van der Waals surface area contributed by atoms with Crippen molar-refractivity contribution in [2.24, 2.45) is 0 Å². The number of carbonyl (C=O) groups is 1. The topological polar surface area (TPSA) is 44.8 Å². The Kier molecular flexibility index (Phi) is 7.77. The number of rotatable bonds is 7. The average Bonchev–Trinajstić information content (AvgIpc) is 3.22. The highest BCUT2D eigenvalue weighted by Crippen LogP contribution is 2.43. The monoisotopic (exact) mass is 529 g/mol. The van der Waals surface area contributed by atoms with Gasteiger partial charge in [0.15, 0.2) is 0 Å². The summed E-state index contributed by atoms with van der Waals surface area (Å²) in [5.74, 6) is 0.479. The molecule has 5 rings (SSSR count). The number of aryl methyl sites for hydroxylation is 1. The minimum Gasteiger partial charge on any atom is -0.497 e. The van der Waals surface area contributed by atoms with Crippen molar-refractivity contribution in [2.75, 3.05) is 43.5 Å². The number of carbonyl (C=O) groups excluding carboxylic acids is 1. The summed E-state index contributed by atoms with van der Waals surface area (Å²) in [6.45, 7) is 7.56. The van der Waals surface area contributed by atoms with Crippen molar-refractivity contribution < 1.29 is 13.9 Å². The molecule has 38 heavy (non-hydrogen) atoms. The molecule has 5 nitrogen and oxygen atoms in total. The summed E-state index contributed by atoms with van der Waals surface area (Å²) in [5, 5.41) is 4.11. The number of thiophene rings is 1. The molecule has 7 heteroatoms. The molecule has 0 saturated carbocycles. The molecular formula is C31H32FN3O2S. The molecular weight excluding hydrogens is 497 g/mol. The molecule has 3 aromatic carbocycles. The van der Waals surface area contributed by atoms with Gasteiger partial charge in [-0.3, -0.25) is 9.69 Å². The number of amides is 1. The van der Waals surface area contributed by atoms with Crippen LogP contribution >= 0.6 is 11.3 Å². The summed E-state index contributed by atoms with van der Waals surface area (Å²) in [5.41, 5.74) is 5.15. The van der Waals surface area contributed by atoms with E-state index >= 15 is 0 Å². The Labute approximate surface area is 227 Å².